The van der Waals surface area contributed by atoms with E-state index in [-0.39, 0.29) is 5.91 Å². The molecule has 4 heteroatoms. The number of carbonyl (C=O) groups is 1. The minimum atomic E-state index is -0.0303. The maximum absolute atomic E-state index is 12.2. The highest BCUT2D eigenvalue weighted by Gasteiger charge is 2.07. The van der Waals surface area contributed by atoms with Crippen LogP contribution >= 0.6 is 0 Å². The van der Waals surface area contributed by atoms with Crippen molar-refractivity contribution in [1.82, 2.24) is 15.1 Å². The summed E-state index contributed by atoms with van der Waals surface area (Å²) in [5, 5.41) is 7.34. The number of para-hydroxylation sites is 1. The predicted octanol–water partition coefficient (Wildman–Crippen LogP) is 3.46. The Kier molecular flexibility index (Phi) is 4.75. The molecule has 1 aromatic heterocycles. The van der Waals surface area contributed by atoms with Crippen LogP contribution in [0.1, 0.15) is 27.0 Å². The Morgan fingerprint density at radius 3 is 2.50 bits per heavy atom. The first-order valence-electron chi connectivity index (χ1n) is 8.07. The zero-order chi connectivity index (χ0) is 16.9. The largest absolute Gasteiger partial charge is 0.352 e. The first kappa shape index (κ1) is 16.0. The van der Waals surface area contributed by atoms with Gasteiger partial charge in [0.1, 0.15) is 0 Å². The van der Waals surface area contributed by atoms with E-state index < -0.39 is 0 Å². The van der Waals surface area contributed by atoms with Crippen LogP contribution in [0.5, 0.6) is 0 Å². The Bertz CT molecular complexity index is 817. The van der Waals surface area contributed by atoms with Gasteiger partial charge in [-0.1, -0.05) is 35.4 Å². The molecule has 1 amide bonds. The second-order valence-corrected chi connectivity index (χ2v) is 6.01. The van der Waals surface area contributed by atoms with Gasteiger partial charge in [0.05, 0.1) is 11.9 Å². The fourth-order valence-corrected chi connectivity index (χ4v) is 2.74. The van der Waals surface area contributed by atoms with Crippen molar-refractivity contribution in [1.29, 1.82) is 0 Å². The van der Waals surface area contributed by atoms with Gasteiger partial charge in [0.25, 0.3) is 5.91 Å². The lowest BCUT2D eigenvalue weighted by Gasteiger charge is -2.06. The van der Waals surface area contributed by atoms with Crippen LogP contribution in [0, 0.1) is 13.8 Å². The van der Waals surface area contributed by atoms with Crippen LogP contribution in [-0.4, -0.2) is 22.2 Å². The van der Waals surface area contributed by atoms with Crippen molar-refractivity contribution in [3.63, 3.8) is 0 Å². The number of benzene rings is 2. The monoisotopic (exact) mass is 319 g/mol. The van der Waals surface area contributed by atoms with Gasteiger partial charge in [0.2, 0.25) is 0 Å². The van der Waals surface area contributed by atoms with Crippen LogP contribution in [0.2, 0.25) is 0 Å². The third kappa shape index (κ3) is 3.90. The molecule has 0 aliphatic heterocycles. The fourth-order valence-electron chi connectivity index (χ4n) is 2.74. The van der Waals surface area contributed by atoms with Crippen LogP contribution in [0.15, 0.2) is 60.9 Å². The van der Waals surface area contributed by atoms with Gasteiger partial charge in [-0.05, 0) is 50.1 Å². The molecule has 4 nitrogen and oxygen atoms in total. The van der Waals surface area contributed by atoms with Gasteiger partial charge >= 0.3 is 0 Å². The van der Waals surface area contributed by atoms with Gasteiger partial charge in [0.15, 0.2) is 0 Å². The van der Waals surface area contributed by atoms with Crippen molar-refractivity contribution in [2.75, 3.05) is 6.54 Å². The topological polar surface area (TPSA) is 46.9 Å². The van der Waals surface area contributed by atoms with E-state index in [4.69, 9.17) is 0 Å². The van der Waals surface area contributed by atoms with Crippen LogP contribution in [0.4, 0.5) is 0 Å². The summed E-state index contributed by atoms with van der Waals surface area (Å²) < 4.78 is 1.85. The predicted molar refractivity (Wildman–Crippen MR) is 95.5 cm³/mol. The number of rotatable bonds is 5. The van der Waals surface area contributed by atoms with Crippen molar-refractivity contribution < 1.29 is 4.79 Å². The Morgan fingerprint density at radius 1 is 1.08 bits per heavy atom. The highest BCUT2D eigenvalue weighted by Crippen LogP contribution is 2.10. The SMILES string of the molecule is Cc1cc(C)cc(C(=O)NCCc2cnn(-c3ccccc3)c2)c1. The van der Waals surface area contributed by atoms with Gasteiger partial charge in [-0.3, -0.25) is 4.79 Å². The molecule has 0 aliphatic rings. The number of aromatic nitrogens is 2. The molecule has 0 unspecified atom stereocenters. The van der Waals surface area contributed by atoms with E-state index in [0.717, 1.165) is 28.8 Å². The molecule has 0 fully saturated rings. The zero-order valence-corrected chi connectivity index (χ0v) is 14.0. The third-order valence-electron chi connectivity index (χ3n) is 3.84. The molecule has 0 radical (unpaired) electrons. The number of hydrogen-bond donors (Lipinski definition) is 1. The summed E-state index contributed by atoms with van der Waals surface area (Å²) >= 11 is 0. The molecule has 24 heavy (non-hydrogen) atoms. The average molecular weight is 319 g/mol. The Morgan fingerprint density at radius 2 is 1.79 bits per heavy atom. The maximum atomic E-state index is 12.2. The lowest BCUT2D eigenvalue weighted by Crippen LogP contribution is -2.25. The van der Waals surface area contributed by atoms with E-state index in [1.54, 1.807) is 0 Å². The van der Waals surface area contributed by atoms with Crippen LogP contribution in [0.25, 0.3) is 5.69 Å². The first-order chi connectivity index (χ1) is 11.6. The van der Waals surface area contributed by atoms with Gasteiger partial charge in [-0.2, -0.15) is 5.10 Å². The second kappa shape index (κ2) is 7.13. The second-order valence-electron chi connectivity index (χ2n) is 6.01. The average Bonchev–Trinajstić information content (AvgIpc) is 3.03. The standard InChI is InChI=1S/C20H21N3O/c1-15-10-16(2)12-18(11-15)20(24)21-9-8-17-13-22-23(14-17)19-6-4-3-5-7-19/h3-7,10-14H,8-9H2,1-2H3,(H,21,24). The molecule has 0 atom stereocenters. The number of nitrogens with zero attached hydrogens (tertiary/aromatic N) is 2. The maximum Gasteiger partial charge on any atom is 0.251 e. The van der Waals surface area contributed by atoms with Gasteiger partial charge in [-0.25, -0.2) is 4.68 Å². The van der Waals surface area contributed by atoms with E-state index in [1.807, 2.05) is 73.4 Å². The molecule has 0 aliphatic carbocycles. The summed E-state index contributed by atoms with van der Waals surface area (Å²) in [6, 6.07) is 15.9. The molecule has 0 saturated heterocycles. The molecule has 0 spiro atoms. The van der Waals surface area contributed by atoms with E-state index in [1.165, 1.54) is 0 Å². The summed E-state index contributed by atoms with van der Waals surface area (Å²) in [6.45, 7) is 4.59. The third-order valence-corrected chi connectivity index (χ3v) is 3.84. The Labute approximate surface area is 142 Å². The molecule has 1 heterocycles. The number of hydrogen-bond acceptors (Lipinski definition) is 2. The fraction of sp³-hybridized carbons (Fsp3) is 0.200. The highest BCUT2D eigenvalue weighted by molar-refractivity contribution is 5.94. The quantitative estimate of drug-likeness (QED) is 0.783. The summed E-state index contributed by atoms with van der Waals surface area (Å²) in [5.41, 5.74) is 5.05. The Hall–Kier alpha value is -2.88. The van der Waals surface area contributed by atoms with E-state index in [0.29, 0.717) is 12.1 Å². The smallest absolute Gasteiger partial charge is 0.251 e. The Balaban J connectivity index is 1.57. The molecule has 2 aromatic carbocycles. The summed E-state index contributed by atoms with van der Waals surface area (Å²) in [5.74, 6) is -0.0303. The van der Waals surface area contributed by atoms with Crippen molar-refractivity contribution >= 4 is 5.91 Å². The van der Waals surface area contributed by atoms with Gasteiger partial charge < -0.3 is 5.32 Å². The summed E-state index contributed by atoms with van der Waals surface area (Å²) in [4.78, 5) is 12.2. The van der Waals surface area contributed by atoms with Crippen LogP contribution in [-0.2, 0) is 6.42 Å². The van der Waals surface area contributed by atoms with Crippen molar-refractivity contribution in [2.24, 2.45) is 0 Å². The summed E-state index contributed by atoms with van der Waals surface area (Å²) in [7, 11) is 0. The normalized spacial score (nSPS) is 10.6. The van der Waals surface area contributed by atoms with Gasteiger partial charge in [-0.15, -0.1) is 0 Å². The lowest BCUT2D eigenvalue weighted by atomic mass is 10.1. The molecule has 3 rings (SSSR count). The first-order valence-corrected chi connectivity index (χ1v) is 8.07. The van der Waals surface area contributed by atoms with Crippen LogP contribution in [0.3, 0.4) is 0 Å². The van der Waals surface area contributed by atoms with E-state index in [2.05, 4.69) is 16.5 Å². The molecule has 3 aromatic rings. The molecule has 1 N–H and O–H groups in total. The van der Waals surface area contributed by atoms with Gasteiger partial charge in [0, 0.05) is 18.3 Å². The molecular weight excluding hydrogens is 298 g/mol. The molecular formula is C20H21N3O. The molecule has 0 saturated carbocycles. The number of carbonyl (C=O) groups excluding carboxylic acids is 1. The van der Waals surface area contributed by atoms with Crippen molar-refractivity contribution in [2.45, 2.75) is 20.3 Å². The lowest BCUT2D eigenvalue weighted by molar-refractivity contribution is 0.0954. The number of amides is 1. The minimum Gasteiger partial charge on any atom is -0.352 e. The van der Waals surface area contributed by atoms with Crippen LogP contribution < -0.4 is 5.32 Å². The number of nitrogens with one attached hydrogen (secondary N) is 1. The van der Waals surface area contributed by atoms with Crippen molar-refractivity contribution in [3.8, 4) is 5.69 Å². The van der Waals surface area contributed by atoms with E-state index >= 15 is 0 Å². The zero-order valence-electron chi connectivity index (χ0n) is 14.0. The molecule has 122 valence electrons. The van der Waals surface area contributed by atoms with Crippen molar-refractivity contribution in [3.05, 3.63) is 83.2 Å². The minimum absolute atomic E-state index is 0.0303. The van der Waals surface area contributed by atoms with E-state index in [9.17, 15) is 4.79 Å². The number of aryl methyl sites for hydroxylation is 2. The summed E-state index contributed by atoms with van der Waals surface area (Å²) in [6.07, 6.45) is 4.59. The molecule has 0 bridgehead atoms. The highest BCUT2D eigenvalue weighted by atomic mass is 16.1.